The fourth-order valence-electron chi connectivity index (χ4n) is 4.94. The van der Waals surface area contributed by atoms with E-state index in [-0.39, 0.29) is 35.7 Å². The van der Waals surface area contributed by atoms with Crippen LogP contribution >= 0.6 is 0 Å². The number of allylic oxidation sites excluding steroid dienone is 1. The van der Waals surface area contributed by atoms with Gasteiger partial charge < -0.3 is 23.7 Å². The molecule has 0 saturated heterocycles. The Morgan fingerprint density at radius 3 is 2.59 bits per heavy atom. The molecule has 0 spiro atoms. The van der Waals surface area contributed by atoms with Crippen molar-refractivity contribution in [3.63, 3.8) is 0 Å². The van der Waals surface area contributed by atoms with Crippen LogP contribution in [0.5, 0.6) is 5.75 Å². The molecule has 0 aliphatic heterocycles. The van der Waals surface area contributed by atoms with Crippen LogP contribution < -0.4 is 4.74 Å². The molecular formula is C32H50O6Si. The average molecular weight is 559 g/mol. The van der Waals surface area contributed by atoms with Crippen LogP contribution in [0.15, 0.2) is 30.4 Å². The molecule has 2 unspecified atom stereocenters. The summed E-state index contributed by atoms with van der Waals surface area (Å²) < 4.78 is 23.2. The number of esters is 1. The topological polar surface area (TPSA) is 74.2 Å². The average Bonchev–Trinajstić information content (AvgIpc) is 3.17. The molecule has 1 aliphatic carbocycles. The lowest BCUT2D eigenvalue weighted by Crippen LogP contribution is -2.44. The predicted molar refractivity (Wildman–Crippen MR) is 159 cm³/mol. The van der Waals surface area contributed by atoms with Gasteiger partial charge >= 0.3 is 5.97 Å². The van der Waals surface area contributed by atoms with E-state index < -0.39 is 14.4 Å². The number of rotatable bonds is 14. The Morgan fingerprint density at radius 1 is 1.21 bits per heavy atom. The fourth-order valence-corrected chi connectivity index (χ4v) is 6.30. The Morgan fingerprint density at radius 2 is 1.95 bits per heavy atom. The van der Waals surface area contributed by atoms with Gasteiger partial charge in [0.2, 0.25) is 0 Å². The van der Waals surface area contributed by atoms with E-state index >= 15 is 0 Å². The zero-order valence-electron chi connectivity index (χ0n) is 25.3. The van der Waals surface area contributed by atoms with Gasteiger partial charge in [0.1, 0.15) is 5.75 Å². The van der Waals surface area contributed by atoms with Gasteiger partial charge in [-0.05, 0) is 62.7 Å². The largest absolute Gasteiger partial charge is 0.469 e. The summed E-state index contributed by atoms with van der Waals surface area (Å²) >= 11 is 0. The molecule has 1 aromatic rings. The lowest BCUT2D eigenvalue weighted by atomic mass is 9.84. The summed E-state index contributed by atoms with van der Waals surface area (Å²) in [6, 6.07) is 6.09. The van der Waals surface area contributed by atoms with Crippen molar-refractivity contribution in [3.05, 3.63) is 41.5 Å². The van der Waals surface area contributed by atoms with Gasteiger partial charge in [-0.25, -0.2) is 0 Å². The maximum Gasteiger partial charge on any atom is 0.305 e. The third kappa shape index (κ3) is 9.49. The predicted octanol–water partition coefficient (Wildman–Crippen LogP) is 6.77. The summed E-state index contributed by atoms with van der Waals surface area (Å²) in [5, 5.41) is 11.6. The molecule has 2 rings (SSSR count). The third-order valence-electron chi connectivity index (χ3n) is 8.05. The number of unbranched alkanes of at least 4 members (excludes halogenated alkanes) is 2. The highest BCUT2D eigenvalue weighted by Crippen LogP contribution is 2.49. The van der Waals surface area contributed by atoms with Crippen molar-refractivity contribution < 1.29 is 28.5 Å². The van der Waals surface area contributed by atoms with E-state index in [0.717, 1.165) is 36.1 Å². The molecule has 1 fully saturated rings. The second-order valence-electron chi connectivity index (χ2n) is 11.9. The summed E-state index contributed by atoms with van der Waals surface area (Å²) in [5.74, 6) is 6.43. The Hall–Kier alpha value is -2.11. The van der Waals surface area contributed by atoms with Gasteiger partial charge in [-0.2, -0.15) is 0 Å². The van der Waals surface area contributed by atoms with Gasteiger partial charge in [0.25, 0.3) is 0 Å². The number of aliphatic hydroxyl groups is 1. The molecule has 7 heteroatoms. The number of carbonyl (C=O) groups excluding carboxylic acids is 1. The molecule has 1 saturated carbocycles. The number of carbonyl (C=O) groups is 1. The molecular weight excluding hydrogens is 508 g/mol. The monoisotopic (exact) mass is 558 g/mol. The first-order chi connectivity index (χ1) is 18.5. The Labute approximate surface area is 237 Å². The van der Waals surface area contributed by atoms with Crippen molar-refractivity contribution in [1.82, 2.24) is 0 Å². The van der Waals surface area contributed by atoms with Gasteiger partial charge in [-0.15, -0.1) is 11.8 Å². The van der Waals surface area contributed by atoms with E-state index in [9.17, 15) is 9.90 Å². The Bertz CT molecular complexity index is 1000. The van der Waals surface area contributed by atoms with Crippen molar-refractivity contribution in [3.8, 4) is 17.6 Å². The first-order valence-corrected chi connectivity index (χ1v) is 17.1. The molecule has 39 heavy (non-hydrogen) atoms. The van der Waals surface area contributed by atoms with Crippen molar-refractivity contribution >= 4 is 14.3 Å². The molecule has 0 heterocycles. The number of methoxy groups -OCH3 is 2. The van der Waals surface area contributed by atoms with E-state index in [2.05, 4.69) is 63.9 Å². The van der Waals surface area contributed by atoms with Gasteiger partial charge in [0, 0.05) is 37.4 Å². The summed E-state index contributed by atoms with van der Waals surface area (Å²) in [5.41, 5.74) is 1.96. The number of hydrogen-bond donors (Lipinski definition) is 1. The van der Waals surface area contributed by atoms with E-state index in [1.165, 1.54) is 7.11 Å². The Kier molecular flexibility index (Phi) is 13.3. The van der Waals surface area contributed by atoms with Gasteiger partial charge in [-0.1, -0.05) is 51.1 Å². The molecule has 4 atom stereocenters. The van der Waals surface area contributed by atoms with Gasteiger partial charge in [-0.3, -0.25) is 4.79 Å². The number of para-hydroxylation sites is 1. The van der Waals surface area contributed by atoms with Crippen LogP contribution in [0.3, 0.4) is 0 Å². The van der Waals surface area contributed by atoms with E-state index in [1.54, 1.807) is 7.11 Å². The SMILES string of the molecule is CC#CCCC/C=C/C1C(O[Si](C)(C)C(C)(C)C)C[C@H](O)[C@@H]1c1cccc(CCCC(=O)OC)c1OCOC. The van der Waals surface area contributed by atoms with E-state index in [0.29, 0.717) is 25.7 Å². The van der Waals surface area contributed by atoms with E-state index in [4.69, 9.17) is 18.6 Å². The van der Waals surface area contributed by atoms with Crippen LogP contribution in [-0.4, -0.2) is 52.6 Å². The zero-order valence-corrected chi connectivity index (χ0v) is 26.3. The minimum atomic E-state index is -2.07. The number of benzene rings is 1. The van der Waals surface area contributed by atoms with Crippen LogP contribution in [0.2, 0.25) is 18.1 Å². The van der Waals surface area contributed by atoms with E-state index in [1.807, 2.05) is 19.1 Å². The highest BCUT2D eigenvalue weighted by Gasteiger charge is 2.48. The lowest BCUT2D eigenvalue weighted by Gasteiger charge is -2.40. The highest BCUT2D eigenvalue weighted by atomic mass is 28.4. The highest BCUT2D eigenvalue weighted by molar-refractivity contribution is 6.74. The zero-order chi connectivity index (χ0) is 29.1. The van der Waals surface area contributed by atoms with Crippen molar-refractivity contribution in [2.75, 3.05) is 21.0 Å². The van der Waals surface area contributed by atoms with Crippen LogP contribution in [0, 0.1) is 17.8 Å². The molecule has 0 amide bonds. The molecule has 0 bridgehead atoms. The first kappa shape index (κ1) is 33.1. The maximum absolute atomic E-state index is 11.7. The van der Waals surface area contributed by atoms with Crippen LogP contribution in [0.25, 0.3) is 0 Å². The standard InChI is InChI=1S/C32H50O6Si/c1-9-10-11-12-13-14-19-25-28(38-39(7,8)32(2,3)4)22-27(33)30(25)26-20-15-17-24(31(26)37-23-35-5)18-16-21-29(34)36-6/h14-15,17,19-20,25,27-28,30,33H,11-13,16,18,21-23H2,1-8H3/b19-14+/t25?,27-,28?,30-/m0/s1. The second kappa shape index (κ2) is 15.6. The quantitative estimate of drug-likeness (QED) is 0.0678. The number of aryl methyl sites for hydroxylation is 1. The lowest BCUT2D eigenvalue weighted by molar-refractivity contribution is -0.140. The maximum atomic E-state index is 11.7. The normalized spacial score (nSPS) is 21.6. The Balaban J connectivity index is 2.45. The minimum Gasteiger partial charge on any atom is -0.469 e. The smallest absolute Gasteiger partial charge is 0.305 e. The van der Waals surface area contributed by atoms with Crippen molar-refractivity contribution in [2.45, 2.75) is 109 Å². The van der Waals surface area contributed by atoms with Gasteiger partial charge in [0.15, 0.2) is 15.1 Å². The number of hydrogen-bond acceptors (Lipinski definition) is 6. The molecule has 0 aromatic heterocycles. The molecule has 6 nitrogen and oxygen atoms in total. The fraction of sp³-hybridized carbons (Fsp3) is 0.656. The summed E-state index contributed by atoms with van der Waals surface area (Å²) in [4.78, 5) is 11.7. The molecule has 1 aromatic carbocycles. The molecule has 218 valence electrons. The van der Waals surface area contributed by atoms with Crippen molar-refractivity contribution in [2.24, 2.45) is 5.92 Å². The van der Waals surface area contributed by atoms with Crippen LogP contribution in [-0.2, 0) is 25.1 Å². The van der Waals surface area contributed by atoms with Crippen molar-refractivity contribution in [1.29, 1.82) is 0 Å². The summed E-state index contributed by atoms with van der Waals surface area (Å²) in [6.45, 7) is 13.3. The minimum absolute atomic E-state index is 0.00148. The number of ether oxygens (including phenoxy) is 3. The molecule has 0 radical (unpaired) electrons. The van der Waals surface area contributed by atoms with Crippen LogP contribution in [0.1, 0.15) is 83.3 Å². The molecule has 1 aliphatic rings. The van der Waals surface area contributed by atoms with Crippen LogP contribution in [0.4, 0.5) is 0 Å². The molecule has 1 N–H and O–H groups in total. The van der Waals surface area contributed by atoms with Gasteiger partial charge in [0.05, 0.1) is 19.3 Å². The first-order valence-electron chi connectivity index (χ1n) is 14.2. The summed E-state index contributed by atoms with van der Waals surface area (Å²) in [7, 11) is 0.933. The number of aliphatic hydroxyl groups excluding tert-OH is 1. The third-order valence-corrected chi connectivity index (χ3v) is 12.6. The second-order valence-corrected chi connectivity index (χ2v) is 16.6. The summed E-state index contributed by atoms with van der Waals surface area (Å²) in [6.07, 6.45) is 8.85.